The second-order valence-corrected chi connectivity index (χ2v) is 6.67. The average molecular weight is 322 g/mol. The van der Waals surface area contributed by atoms with E-state index in [1.165, 1.54) is 37.8 Å². The van der Waals surface area contributed by atoms with Gasteiger partial charge in [-0.15, -0.1) is 0 Å². The lowest BCUT2D eigenvalue weighted by atomic mass is 9.88. The number of rotatable bonds is 2. The number of H-pyrrole nitrogens is 1. The van der Waals surface area contributed by atoms with Gasteiger partial charge in [-0.3, -0.25) is 0 Å². The maximum atomic E-state index is 4.90. The molecule has 2 aromatic heterocycles. The van der Waals surface area contributed by atoms with E-state index < -0.39 is 0 Å². The standard InChI is InChI=1S/C15H20BrN3/c1-9(2)13-12-11(16)8-17-15(12)19-14(18-13)10-6-4-3-5-7-10/h8-10H,3-7H2,1-2H3,(H,17,18,19). The maximum absolute atomic E-state index is 4.90. The molecule has 2 heterocycles. The van der Waals surface area contributed by atoms with Crippen LogP contribution in [0.3, 0.4) is 0 Å². The largest absolute Gasteiger partial charge is 0.345 e. The maximum Gasteiger partial charge on any atom is 0.142 e. The van der Waals surface area contributed by atoms with E-state index in [-0.39, 0.29) is 0 Å². The number of hydrogen-bond acceptors (Lipinski definition) is 2. The van der Waals surface area contributed by atoms with Crippen LogP contribution >= 0.6 is 15.9 Å². The molecule has 0 unspecified atom stereocenters. The van der Waals surface area contributed by atoms with Crippen molar-refractivity contribution in [1.82, 2.24) is 15.0 Å². The van der Waals surface area contributed by atoms with Crippen LogP contribution in [0.1, 0.15) is 69.3 Å². The Labute approximate surface area is 122 Å². The first-order valence-electron chi connectivity index (χ1n) is 7.21. The summed E-state index contributed by atoms with van der Waals surface area (Å²) in [5, 5.41) is 1.15. The zero-order valence-electron chi connectivity index (χ0n) is 11.5. The molecular formula is C15H20BrN3. The fourth-order valence-corrected chi connectivity index (χ4v) is 3.51. The molecule has 0 saturated heterocycles. The molecule has 1 aliphatic rings. The van der Waals surface area contributed by atoms with E-state index in [0.29, 0.717) is 11.8 Å². The van der Waals surface area contributed by atoms with Gasteiger partial charge in [-0.2, -0.15) is 0 Å². The Kier molecular flexibility index (Phi) is 3.61. The van der Waals surface area contributed by atoms with Crippen molar-refractivity contribution in [3.8, 4) is 0 Å². The number of nitrogens with one attached hydrogen (secondary N) is 1. The normalized spacial score (nSPS) is 17.5. The zero-order valence-corrected chi connectivity index (χ0v) is 13.1. The molecule has 0 bridgehead atoms. The molecule has 1 aliphatic carbocycles. The predicted molar refractivity (Wildman–Crippen MR) is 81.5 cm³/mol. The van der Waals surface area contributed by atoms with Crippen molar-refractivity contribution in [3.63, 3.8) is 0 Å². The molecule has 0 spiro atoms. The summed E-state index contributed by atoms with van der Waals surface area (Å²) in [5.41, 5.74) is 2.14. The minimum Gasteiger partial charge on any atom is -0.345 e. The van der Waals surface area contributed by atoms with Crippen LogP contribution in [0.5, 0.6) is 0 Å². The molecule has 2 aromatic rings. The summed E-state index contributed by atoms with van der Waals surface area (Å²) in [7, 11) is 0. The first-order valence-corrected chi connectivity index (χ1v) is 8.00. The van der Waals surface area contributed by atoms with Gasteiger partial charge in [0, 0.05) is 16.6 Å². The van der Waals surface area contributed by atoms with Gasteiger partial charge in [-0.1, -0.05) is 33.1 Å². The summed E-state index contributed by atoms with van der Waals surface area (Å²) < 4.78 is 1.07. The van der Waals surface area contributed by atoms with Gasteiger partial charge < -0.3 is 4.98 Å². The summed E-state index contributed by atoms with van der Waals surface area (Å²) in [6, 6.07) is 0. The third-order valence-electron chi connectivity index (χ3n) is 4.05. The van der Waals surface area contributed by atoms with E-state index in [0.717, 1.165) is 21.3 Å². The molecule has 0 radical (unpaired) electrons. The van der Waals surface area contributed by atoms with Crippen LogP contribution in [0.15, 0.2) is 10.7 Å². The highest BCUT2D eigenvalue weighted by Crippen LogP contribution is 2.34. The average Bonchev–Trinajstić information content (AvgIpc) is 2.80. The third-order valence-corrected chi connectivity index (χ3v) is 4.67. The van der Waals surface area contributed by atoms with Crippen molar-refractivity contribution >= 4 is 27.0 Å². The summed E-state index contributed by atoms with van der Waals surface area (Å²) in [5.74, 6) is 2.02. The lowest BCUT2D eigenvalue weighted by molar-refractivity contribution is 0.428. The number of halogens is 1. The molecule has 0 aliphatic heterocycles. The van der Waals surface area contributed by atoms with Crippen molar-refractivity contribution in [3.05, 3.63) is 22.2 Å². The van der Waals surface area contributed by atoms with Gasteiger partial charge >= 0.3 is 0 Å². The monoisotopic (exact) mass is 321 g/mol. The summed E-state index contributed by atoms with van der Waals surface area (Å²) in [6.45, 7) is 4.40. The Morgan fingerprint density at radius 3 is 2.63 bits per heavy atom. The van der Waals surface area contributed by atoms with Gasteiger partial charge in [-0.05, 0) is 34.7 Å². The lowest BCUT2D eigenvalue weighted by Crippen LogP contribution is -2.11. The summed E-state index contributed by atoms with van der Waals surface area (Å²) in [4.78, 5) is 12.9. The molecule has 1 fully saturated rings. The molecule has 3 rings (SSSR count). The van der Waals surface area contributed by atoms with E-state index in [1.807, 2.05) is 6.20 Å². The molecule has 1 saturated carbocycles. The Bertz CT molecular complexity index is 582. The van der Waals surface area contributed by atoms with Crippen LogP contribution in [0, 0.1) is 0 Å². The number of fused-ring (bicyclic) bond motifs is 1. The highest BCUT2D eigenvalue weighted by Gasteiger charge is 2.22. The SMILES string of the molecule is CC(C)c1nc(C2CCCCC2)nc2[nH]cc(Br)c12. The van der Waals surface area contributed by atoms with Crippen molar-refractivity contribution in [2.45, 2.75) is 57.8 Å². The zero-order chi connectivity index (χ0) is 13.4. The van der Waals surface area contributed by atoms with Crippen LogP contribution in [0.2, 0.25) is 0 Å². The molecule has 1 N–H and O–H groups in total. The van der Waals surface area contributed by atoms with E-state index in [2.05, 4.69) is 34.8 Å². The van der Waals surface area contributed by atoms with Crippen LogP contribution in [0.4, 0.5) is 0 Å². The van der Waals surface area contributed by atoms with Gasteiger partial charge in [-0.25, -0.2) is 9.97 Å². The molecule has 4 heteroatoms. The van der Waals surface area contributed by atoms with Gasteiger partial charge in [0.2, 0.25) is 0 Å². The van der Waals surface area contributed by atoms with Gasteiger partial charge in [0.25, 0.3) is 0 Å². The van der Waals surface area contributed by atoms with E-state index in [1.54, 1.807) is 0 Å². The smallest absolute Gasteiger partial charge is 0.142 e. The molecule has 0 aromatic carbocycles. The number of nitrogens with zero attached hydrogens (tertiary/aromatic N) is 2. The number of aromatic nitrogens is 3. The van der Waals surface area contributed by atoms with Crippen molar-refractivity contribution in [2.24, 2.45) is 0 Å². The van der Waals surface area contributed by atoms with Crippen LogP contribution in [0.25, 0.3) is 11.0 Å². The summed E-state index contributed by atoms with van der Waals surface area (Å²) in [6.07, 6.45) is 8.45. The van der Waals surface area contributed by atoms with Gasteiger partial charge in [0.05, 0.1) is 11.1 Å². The predicted octanol–water partition coefficient (Wildman–Crippen LogP) is 4.89. The van der Waals surface area contributed by atoms with E-state index in [4.69, 9.17) is 9.97 Å². The first kappa shape index (κ1) is 13.1. The highest BCUT2D eigenvalue weighted by atomic mass is 79.9. The van der Waals surface area contributed by atoms with Crippen LogP contribution < -0.4 is 0 Å². The summed E-state index contributed by atoms with van der Waals surface area (Å²) >= 11 is 3.60. The minimum absolute atomic E-state index is 0.417. The molecule has 19 heavy (non-hydrogen) atoms. The highest BCUT2D eigenvalue weighted by molar-refractivity contribution is 9.10. The van der Waals surface area contributed by atoms with Crippen molar-refractivity contribution < 1.29 is 0 Å². The van der Waals surface area contributed by atoms with Crippen molar-refractivity contribution in [1.29, 1.82) is 0 Å². The second kappa shape index (κ2) is 5.23. The minimum atomic E-state index is 0.417. The molecule has 0 amide bonds. The molecule has 0 atom stereocenters. The fourth-order valence-electron chi connectivity index (χ4n) is 3.00. The lowest BCUT2D eigenvalue weighted by Gasteiger charge is -2.21. The topological polar surface area (TPSA) is 41.6 Å². The van der Waals surface area contributed by atoms with E-state index >= 15 is 0 Å². The van der Waals surface area contributed by atoms with Gasteiger partial charge in [0.1, 0.15) is 11.5 Å². The molecule has 3 nitrogen and oxygen atoms in total. The van der Waals surface area contributed by atoms with Gasteiger partial charge in [0.15, 0.2) is 0 Å². The number of aromatic amines is 1. The van der Waals surface area contributed by atoms with E-state index in [9.17, 15) is 0 Å². The Hall–Kier alpha value is -0.900. The fraction of sp³-hybridized carbons (Fsp3) is 0.600. The van der Waals surface area contributed by atoms with Crippen molar-refractivity contribution in [2.75, 3.05) is 0 Å². The third kappa shape index (κ3) is 2.42. The molecule has 102 valence electrons. The number of hydrogen-bond donors (Lipinski definition) is 1. The Balaban J connectivity index is 2.11. The van der Waals surface area contributed by atoms with Crippen LogP contribution in [-0.4, -0.2) is 15.0 Å². The first-order chi connectivity index (χ1) is 9.16. The Morgan fingerprint density at radius 1 is 1.21 bits per heavy atom. The molecular weight excluding hydrogens is 302 g/mol. The quantitative estimate of drug-likeness (QED) is 0.855. The Morgan fingerprint density at radius 2 is 1.95 bits per heavy atom. The second-order valence-electron chi connectivity index (χ2n) is 5.82. The van der Waals surface area contributed by atoms with Crippen LogP contribution in [-0.2, 0) is 0 Å².